The molecule has 3 heterocycles. The molecule has 0 N–H and O–H groups in total. The van der Waals surface area contributed by atoms with Crippen molar-refractivity contribution in [1.29, 1.82) is 0 Å². The van der Waals surface area contributed by atoms with Crippen LogP contribution in [0.4, 0.5) is 0 Å². The molecule has 0 saturated carbocycles. The van der Waals surface area contributed by atoms with Crippen LogP contribution in [0.1, 0.15) is 27.9 Å². The van der Waals surface area contributed by atoms with Crippen molar-refractivity contribution in [3.8, 4) is 16.3 Å². The summed E-state index contributed by atoms with van der Waals surface area (Å²) in [5, 5.41) is 7.06. The standard InChI is InChI=1S/C23H21N5O2S/c1-16-7-5-6-10-18(16)22-26-19(14-31-22)23(29)27-11-12-30-13-20(27)21-24-15-25-28(21)17-8-3-2-4-9-17/h2-10,14-15,20H,11-13H2,1H3. The molecule has 2 aromatic carbocycles. The highest BCUT2D eigenvalue weighted by Crippen LogP contribution is 2.30. The normalized spacial score (nSPS) is 16.4. The third kappa shape index (κ3) is 3.75. The van der Waals surface area contributed by atoms with Crippen molar-refractivity contribution in [1.82, 2.24) is 24.6 Å². The molecule has 1 aliphatic heterocycles. The Balaban J connectivity index is 1.46. The number of hydrogen-bond donors (Lipinski definition) is 0. The van der Waals surface area contributed by atoms with Gasteiger partial charge in [-0.1, -0.05) is 42.5 Å². The van der Waals surface area contributed by atoms with Gasteiger partial charge in [-0.25, -0.2) is 14.6 Å². The zero-order valence-corrected chi connectivity index (χ0v) is 17.8. The largest absolute Gasteiger partial charge is 0.377 e. The average molecular weight is 432 g/mol. The number of benzene rings is 2. The molecule has 1 atom stereocenters. The van der Waals surface area contributed by atoms with Gasteiger partial charge in [0.2, 0.25) is 0 Å². The maximum absolute atomic E-state index is 13.4. The van der Waals surface area contributed by atoms with Crippen molar-refractivity contribution in [2.45, 2.75) is 13.0 Å². The Morgan fingerprint density at radius 3 is 2.77 bits per heavy atom. The van der Waals surface area contributed by atoms with Gasteiger partial charge in [0.15, 0.2) is 5.82 Å². The monoisotopic (exact) mass is 431 g/mol. The van der Waals surface area contributed by atoms with Crippen LogP contribution in [-0.2, 0) is 4.74 Å². The summed E-state index contributed by atoms with van der Waals surface area (Å²) in [6, 6.07) is 17.5. The van der Waals surface area contributed by atoms with E-state index in [1.165, 1.54) is 17.7 Å². The topological polar surface area (TPSA) is 73.1 Å². The van der Waals surface area contributed by atoms with Crippen LogP contribution in [0.2, 0.25) is 0 Å². The van der Waals surface area contributed by atoms with Gasteiger partial charge in [-0.05, 0) is 24.6 Å². The van der Waals surface area contributed by atoms with Gasteiger partial charge < -0.3 is 9.64 Å². The number of aryl methyl sites for hydroxylation is 1. The van der Waals surface area contributed by atoms with Crippen molar-refractivity contribution in [2.24, 2.45) is 0 Å². The molecule has 1 unspecified atom stereocenters. The molecule has 2 aromatic heterocycles. The number of aromatic nitrogens is 4. The first-order valence-electron chi connectivity index (χ1n) is 10.1. The number of hydrogen-bond acceptors (Lipinski definition) is 6. The van der Waals surface area contributed by atoms with Crippen LogP contribution in [0, 0.1) is 6.92 Å². The summed E-state index contributed by atoms with van der Waals surface area (Å²) >= 11 is 1.48. The quantitative estimate of drug-likeness (QED) is 0.490. The highest BCUT2D eigenvalue weighted by Gasteiger charge is 2.34. The van der Waals surface area contributed by atoms with E-state index in [0.29, 0.717) is 31.3 Å². The van der Waals surface area contributed by atoms with E-state index >= 15 is 0 Å². The van der Waals surface area contributed by atoms with Crippen LogP contribution in [0.15, 0.2) is 66.3 Å². The number of carbonyl (C=O) groups is 1. The number of para-hydroxylation sites is 1. The van der Waals surface area contributed by atoms with Gasteiger partial charge >= 0.3 is 0 Å². The summed E-state index contributed by atoms with van der Waals surface area (Å²) in [7, 11) is 0. The summed E-state index contributed by atoms with van der Waals surface area (Å²) in [5.41, 5.74) is 3.52. The van der Waals surface area contributed by atoms with E-state index in [9.17, 15) is 4.79 Å². The maximum Gasteiger partial charge on any atom is 0.274 e. The molecular weight excluding hydrogens is 410 g/mol. The van der Waals surface area contributed by atoms with Crippen LogP contribution in [0.25, 0.3) is 16.3 Å². The SMILES string of the molecule is Cc1ccccc1-c1nc(C(=O)N2CCOCC2c2ncnn2-c2ccccc2)cs1. The first-order chi connectivity index (χ1) is 15.2. The second-order valence-corrected chi connectivity index (χ2v) is 8.17. The molecule has 4 aromatic rings. The van der Waals surface area contributed by atoms with E-state index in [1.807, 2.05) is 66.9 Å². The Kier molecular flexibility index (Phi) is 5.31. The summed E-state index contributed by atoms with van der Waals surface area (Å²) < 4.78 is 7.47. The number of rotatable bonds is 4. The fraction of sp³-hybridized carbons (Fsp3) is 0.217. The molecule has 0 bridgehead atoms. The lowest BCUT2D eigenvalue weighted by atomic mass is 10.1. The Labute approximate surface area is 184 Å². The smallest absolute Gasteiger partial charge is 0.274 e. The second kappa shape index (κ2) is 8.41. The summed E-state index contributed by atoms with van der Waals surface area (Å²) in [4.78, 5) is 24.4. The van der Waals surface area contributed by atoms with Crippen molar-refractivity contribution >= 4 is 17.2 Å². The first-order valence-corrected chi connectivity index (χ1v) is 11.0. The van der Waals surface area contributed by atoms with E-state index < -0.39 is 0 Å². The van der Waals surface area contributed by atoms with E-state index in [0.717, 1.165) is 21.8 Å². The molecule has 7 nitrogen and oxygen atoms in total. The van der Waals surface area contributed by atoms with Crippen LogP contribution in [0.3, 0.4) is 0 Å². The van der Waals surface area contributed by atoms with E-state index in [-0.39, 0.29) is 11.9 Å². The number of morpholine rings is 1. The zero-order valence-electron chi connectivity index (χ0n) is 17.0. The van der Waals surface area contributed by atoms with Gasteiger partial charge in [0.1, 0.15) is 23.1 Å². The minimum absolute atomic E-state index is 0.119. The molecule has 31 heavy (non-hydrogen) atoms. The van der Waals surface area contributed by atoms with Crippen molar-refractivity contribution in [3.05, 3.63) is 83.4 Å². The average Bonchev–Trinajstić information content (AvgIpc) is 3.50. The van der Waals surface area contributed by atoms with Crippen LogP contribution >= 0.6 is 11.3 Å². The molecule has 0 radical (unpaired) electrons. The Hall–Kier alpha value is -3.36. The molecule has 1 fully saturated rings. The number of carbonyl (C=O) groups excluding carboxylic acids is 1. The lowest BCUT2D eigenvalue weighted by Gasteiger charge is -2.34. The number of amides is 1. The van der Waals surface area contributed by atoms with Crippen molar-refractivity contribution in [2.75, 3.05) is 19.8 Å². The minimum Gasteiger partial charge on any atom is -0.377 e. The minimum atomic E-state index is -0.340. The Bertz CT molecular complexity index is 1200. The van der Waals surface area contributed by atoms with Gasteiger partial charge in [0, 0.05) is 17.5 Å². The molecule has 1 saturated heterocycles. The number of nitrogens with zero attached hydrogens (tertiary/aromatic N) is 5. The van der Waals surface area contributed by atoms with Gasteiger partial charge in [0.05, 0.1) is 18.9 Å². The molecule has 0 spiro atoms. The molecule has 5 rings (SSSR count). The highest BCUT2D eigenvalue weighted by atomic mass is 32.1. The summed E-state index contributed by atoms with van der Waals surface area (Å²) in [5.74, 6) is 0.556. The van der Waals surface area contributed by atoms with E-state index in [4.69, 9.17) is 4.74 Å². The predicted molar refractivity (Wildman–Crippen MR) is 118 cm³/mol. The Morgan fingerprint density at radius 2 is 1.94 bits per heavy atom. The third-order valence-electron chi connectivity index (χ3n) is 5.36. The lowest BCUT2D eigenvalue weighted by Crippen LogP contribution is -2.44. The fourth-order valence-electron chi connectivity index (χ4n) is 3.76. The predicted octanol–water partition coefficient (Wildman–Crippen LogP) is 3.91. The summed E-state index contributed by atoms with van der Waals surface area (Å²) in [6.45, 7) is 3.37. The number of ether oxygens (including phenoxy) is 1. The van der Waals surface area contributed by atoms with Crippen LogP contribution in [0.5, 0.6) is 0 Å². The van der Waals surface area contributed by atoms with Gasteiger partial charge in [-0.2, -0.15) is 5.10 Å². The molecule has 0 aliphatic carbocycles. The third-order valence-corrected chi connectivity index (χ3v) is 6.24. The van der Waals surface area contributed by atoms with Gasteiger partial charge in [0.25, 0.3) is 5.91 Å². The first kappa shape index (κ1) is 19.6. The fourth-order valence-corrected chi connectivity index (χ4v) is 4.65. The van der Waals surface area contributed by atoms with E-state index in [2.05, 4.69) is 15.1 Å². The molecule has 1 aliphatic rings. The highest BCUT2D eigenvalue weighted by molar-refractivity contribution is 7.13. The van der Waals surface area contributed by atoms with Crippen molar-refractivity contribution < 1.29 is 9.53 Å². The van der Waals surface area contributed by atoms with Crippen LogP contribution < -0.4 is 0 Å². The lowest BCUT2D eigenvalue weighted by molar-refractivity contribution is -0.00605. The van der Waals surface area contributed by atoms with Crippen molar-refractivity contribution in [3.63, 3.8) is 0 Å². The maximum atomic E-state index is 13.4. The van der Waals surface area contributed by atoms with Crippen LogP contribution in [-0.4, -0.2) is 50.3 Å². The Morgan fingerprint density at radius 1 is 1.13 bits per heavy atom. The molecule has 156 valence electrons. The zero-order chi connectivity index (χ0) is 21.2. The number of thiazole rings is 1. The molecule has 8 heteroatoms. The second-order valence-electron chi connectivity index (χ2n) is 7.31. The van der Waals surface area contributed by atoms with Gasteiger partial charge in [-0.3, -0.25) is 4.79 Å². The summed E-state index contributed by atoms with van der Waals surface area (Å²) in [6.07, 6.45) is 1.51. The van der Waals surface area contributed by atoms with Gasteiger partial charge in [-0.15, -0.1) is 11.3 Å². The molecular formula is C23H21N5O2S. The molecule has 1 amide bonds. The van der Waals surface area contributed by atoms with E-state index in [1.54, 1.807) is 9.58 Å².